The van der Waals surface area contributed by atoms with Gasteiger partial charge in [0.05, 0.1) is 0 Å². The van der Waals surface area contributed by atoms with Crippen LogP contribution in [-0.2, 0) is 4.79 Å². The van der Waals surface area contributed by atoms with E-state index in [1.54, 1.807) is 0 Å². The van der Waals surface area contributed by atoms with Crippen molar-refractivity contribution < 1.29 is 4.79 Å². The third-order valence-corrected chi connectivity index (χ3v) is 3.66. The molecule has 0 unspecified atom stereocenters. The van der Waals surface area contributed by atoms with Crippen LogP contribution in [0.3, 0.4) is 0 Å². The molecule has 3 rings (SSSR count). The maximum atomic E-state index is 11.8. The molecule has 0 aliphatic carbocycles. The van der Waals surface area contributed by atoms with Crippen LogP contribution in [-0.4, -0.2) is 15.9 Å². The molecule has 116 valence electrons. The molecule has 23 heavy (non-hydrogen) atoms. The monoisotopic (exact) mass is 305 g/mol. The Bertz CT molecular complexity index is 857. The Labute approximate surface area is 135 Å². The van der Waals surface area contributed by atoms with Crippen LogP contribution in [0.15, 0.2) is 48.5 Å². The zero-order chi connectivity index (χ0) is 16.4. The maximum absolute atomic E-state index is 11.8. The van der Waals surface area contributed by atoms with Gasteiger partial charge in [0.2, 0.25) is 5.91 Å². The number of carbonyl (C=O) groups is 1. The van der Waals surface area contributed by atoms with Crippen molar-refractivity contribution in [2.24, 2.45) is 5.92 Å². The Morgan fingerprint density at radius 3 is 2.48 bits per heavy atom. The molecule has 3 aromatic rings. The van der Waals surface area contributed by atoms with Crippen LogP contribution < -0.4 is 5.32 Å². The van der Waals surface area contributed by atoms with Crippen molar-refractivity contribution in [3.05, 3.63) is 54.2 Å². The van der Waals surface area contributed by atoms with Gasteiger partial charge in [-0.05, 0) is 36.2 Å². The number of benzene rings is 1. The Morgan fingerprint density at radius 2 is 1.78 bits per heavy atom. The van der Waals surface area contributed by atoms with Gasteiger partial charge >= 0.3 is 0 Å². The van der Waals surface area contributed by atoms with Gasteiger partial charge in [-0.2, -0.15) is 0 Å². The predicted molar refractivity (Wildman–Crippen MR) is 93.2 cm³/mol. The van der Waals surface area contributed by atoms with Crippen molar-refractivity contribution in [3.63, 3.8) is 0 Å². The van der Waals surface area contributed by atoms with Gasteiger partial charge in [-0.25, -0.2) is 9.97 Å². The number of pyridine rings is 2. The van der Waals surface area contributed by atoms with Crippen LogP contribution in [0.25, 0.3) is 22.2 Å². The molecule has 1 amide bonds. The first-order valence-electron chi connectivity index (χ1n) is 7.69. The molecule has 4 heteroatoms. The number of rotatable bonds is 3. The number of aromatic nitrogens is 2. The van der Waals surface area contributed by atoms with E-state index in [0.29, 0.717) is 11.5 Å². The summed E-state index contributed by atoms with van der Waals surface area (Å²) in [5.41, 5.74) is 3.77. The number of hydrogen-bond acceptors (Lipinski definition) is 3. The average Bonchev–Trinajstić information content (AvgIpc) is 2.54. The third kappa shape index (κ3) is 3.21. The van der Waals surface area contributed by atoms with Crippen molar-refractivity contribution in [2.45, 2.75) is 20.8 Å². The highest BCUT2D eigenvalue weighted by Crippen LogP contribution is 2.28. The SMILES string of the molecule is Cc1cc(-c2ccccc2)c2ccc(NC(=O)C(C)C)nc2n1. The van der Waals surface area contributed by atoms with Gasteiger partial charge in [-0.15, -0.1) is 0 Å². The lowest BCUT2D eigenvalue weighted by Crippen LogP contribution is -2.18. The van der Waals surface area contributed by atoms with Crippen LogP contribution in [0.5, 0.6) is 0 Å². The van der Waals surface area contributed by atoms with Crippen LogP contribution in [0.1, 0.15) is 19.5 Å². The molecule has 0 aliphatic heterocycles. The smallest absolute Gasteiger partial charge is 0.228 e. The lowest BCUT2D eigenvalue weighted by Gasteiger charge is -2.10. The van der Waals surface area contributed by atoms with Crippen LogP contribution >= 0.6 is 0 Å². The normalized spacial score (nSPS) is 11.0. The van der Waals surface area contributed by atoms with Gasteiger partial charge in [0, 0.05) is 17.0 Å². The Morgan fingerprint density at radius 1 is 1.04 bits per heavy atom. The second-order valence-electron chi connectivity index (χ2n) is 5.89. The molecule has 4 nitrogen and oxygen atoms in total. The Hall–Kier alpha value is -2.75. The van der Waals surface area contributed by atoms with Gasteiger partial charge in [-0.1, -0.05) is 44.2 Å². The summed E-state index contributed by atoms with van der Waals surface area (Å²) in [6.07, 6.45) is 0. The van der Waals surface area contributed by atoms with Gasteiger partial charge in [0.1, 0.15) is 5.82 Å². The van der Waals surface area contributed by atoms with Crippen molar-refractivity contribution in [1.82, 2.24) is 9.97 Å². The predicted octanol–water partition coefficient (Wildman–Crippen LogP) is 4.20. The summed E-state index contributed by atoms with van der Waals surface area (Å²) in [5.74, 6) is 0.402. The second kappa shape index (κ2) is 6.16. The molecule has 0 aliphatic rings. The fourth-order valence-corrected chi connectivity index (χ4v) is 2.43. The van der Waals surface area contributed by atoms with Crippen molar-refractivity contribution in [3.8, 4) is 11.1 Å². The number of nitrogens with zero attached hydrogens (tertiary/aromatic N) is 2. The van der Waals surface area contributed by atoms with Gasteiger partial charge in [-0.3, -0.25) is 4.79 Å². The third-order valence-electron chi connectivity index (χ3n) is 3.66. The number of aryl methyl sites for hydroxylation is 1. The van der Waals surface area contributed by atoms with E-state index in [0.717, 1.165) is 22.2 Å². The Kier molecular flexibility index (Phi) is 4.06. The molecule has 1 N–H and O–H groups in total. The first-order chi connectivity index (χ1) is 11.0. The molecule has 0 bridgehead atoms. The number of nitrogens with one attached hydrogen (secondary N) is 1. The van der Waals surface area contributed by atoms with E-state index in [9.17, 15) is 4.79 Å². The quantitative estimate of drug-likeness (QED) is 0.789. The standard InChI is InChI=1S/C19H19N3O/c1-12(2)19(23)22-17-10-9-15-16(14-7-5-4-6-8-14)11-13(3)20-18(15)21-17/h4-12H,1-3H3,(H,20,21,22,23). The zero-order valence-electron chi connectivity index (χ0n) is 13.5. The number of amides is 1. The molecule has 0 radical (unpaired) electrons. The number of fused-ring (bicyclic) bond motifs is 1. The lowest BCUT2D eigenvalue weighted by molar-refractivity contribution is -0.118. The minimum Gasteiger partial charge on any atom is -0.310 e. The van der Waals surface area contributed by atoms with Crippen molar-refractivity contribution >= 4 is 22.8 Å². The minimum atomic E-state index is -0.0853. The molecule has 1 aromatic carbocycles. The first kappa shape index (κ1) is 15.2. The summed E-state index contributed by atoms with van der Waals surface area (Å²) in [4.78, 5) is 20.8. The first-order valence-corrected chi connectivity index (χ1v) is 7.69. The van der Waals surface area contributed by atoms with E-state index in [4.69, 9.17) is 0 Å². The molecular weight excluding hydrogens is 286 g/mol. The highest BCUT2D eigenvalue weighted by atomic mass is 16.1. The summed E-state index contributed by atoms with van der Waals surface area (Å²) in [6, 6.07) is 16.0. The molecule has 0 saturated heterocycles. The molecule has 2 aromatic heterocycles. The number of hydrogen-bond donors (Lipinski definition) is 1. The molecule has 0 fully saturated rings. The summed E-state index contributed by atoms with van der Waals surface area (Å²) in [6.45, 7) is 5.66. The molecular formula is C19H19N3O. The second-order valence-corrected chi connectivity index (χ2v) is 5.89. The van der Waals surface area contributed by atoms with E-state index >= 15 is 0 Å². The summed E-state index contributed by atoms with van der Waals surface area (Å²) in [5, 5.41) is 3.80. The van der Waals surface area contributed by atoms with E-state index in [1.807, 2.05) is 51.1 Å². The summed E-state index contributed by atoms with van der Waals surface area (Å²) >= 11 is 0. The van der Waals surface area contributed by atoms with Crippen LogP contribution in [0.4, 0.5) is 5.82 Å². The lowest BCUT2D eigenvalue weighted by atomic mass is 10.0. The maximum Gasteiger partial charge on any atom is 0.228 e. The zero-order valence-corrected chi connectivity index (χ0v) is 13.5. The van der Waals surface area contributed by atoms with E-state index < -0.39 is 0 Å². The fraction of sp³-hybridized carbons (Fsp3) is 0.211. The topological polar surface area (TPSA) is 54.9 Å². The summed E-state index contributed by atoms with van der Waals surface area (Å²) in [7, 11) is 0. The molecule has 0 saturated carbocycles. The van der Waals surface area contributed by atoms with Gasteiger partial charge in [0.25, 0.3) is 0 Å². The van der Waals surface area contributed by atoms with Gasteiger partial charge in [0.15, 0.2) is 5.65 Å². The average molecular weight is 305 g/mol. The highest BCUT2D eigenvalue weighted by molar-refractivity contribution is 5.96. The van der Waals surface area contributed by atoms with E-state index in [1.165, 1.54) is 0 Å². The summed E-state index contributed by atoms with van der Waals surface area (Å²) < 4.78 is 0. The van der Waals surface area contributed by atoms with E-state index in [2.05, 4.69) is 33.5 Å². The van der Waals surface area contributed by atoms with Crippen molar-refractivity contribution in [1.29, 1.82) is 0 Å². The molecule has 2 heterocycles. The number of carbonyl (C=O) groups excluding carboxylic acids is 1. The van der Waals surface area contributed by atoms with Gasteiger partial charge < -0.3 is 5.32 Å². The van der Waals surface area contributed by atoms with Crippen LogP contribution in [0.2, 0.25) is 0 Å². The Balaban J connectivity index is 2.09. The fourth-order valence-electron chi connectivity index (χ4n) is 2.43. The molecule has 0 atom stereocenters. The highest BCUT2D eigenvalue weighted by Gasteiger charge is 2.11. The molecule has 0 spiro atoms. The minimum absolute atomic E-state index is 0.0483. The largest absolute Gasteiger partial charge is 0.310 e. The van der Waals surface area contributed by atoms with E-state index in [-0.39, 0.29) is 11.8 Å². The number of anilines is 1. The van der Waals surface area contributed by atoms with Crippen LogP contribution in [0, 0.1) is 12.8 Å². The van der Waals surface area contributed by atoms with Crippen molar-refractivity contribution in [2.75, 3.05) is 5.32 Å².